The Hall–Kier alpha value is -1.62. The van der Waals surface area contributed by atoms with Gasteiger partial charge in [-0.2, -0.15) is 0 Å². The molecule has 0 aromatic carbocycles. The van der Waals surface area contributed by atoms with E-state index in [0.29, 0.717) is 13.0 Å². The number of anilines is 1. The Bertz CT molecular complexity index is 465. The van der Waals surface area contributed by atoms with Crippen molar-refractivity contribution in [3.63, 3.8) is 0 Å². The molecule has 0 bridgehead atoms. The van der Waals surface area contributed by atoms with Crippen LogP contribution in [0.3, 0.4) is 0 Å². The van der Waals surface area contributed by atoms with E-state index in [0.717, 1.165) is 31.0 Å². The number of nitrogens with one attached hydrogen (secondary N) is 1. The molecule has 2 rings (SSSR count). The fourth-order valence-electron chi connectivity index (χ4n) is 2.40. The molecule has 1 aliphatic rings. The molecule has 1 aromatic heterocycles. The SMILES string of the molecule is CC(C)(CCNCc1ccc(N2CCCC2)nc1)C(=O)O. The van der Waals surface area contributed by atoms with Crippen molar-refractivity contribution in [2.45, 2.75) is 39.7 Å². The van der Waals surface area contributed by atoms with Crippen LogP contribution in [0.2, 0.25) is 0 Å². The molecule has 2 heterocycles. The summed E-state index contributed by atoms with van der Waals surface area (Å²) in [4.78, 5) is 17.8. The lowest BCUT2D eigenvalue weighted by Crippen LogP contribution is -2.28. The monoisotopic (exact) mass is 291 g/mol. The predicted molar refractivity (Wildman–Crippen MR) is 83.4 cm³/mol. The second-order valence-corrected chi connectivity index (χ2v) is 6.33. The second-order valence-electron chi connectivity index (χ2n) is 6.33. The number of aromatic nitrogens is 1. The molecule has 0 unspecified atom stereocenters. The lowest BCUT2D eigenvalue weighted by molar-refractivity contribution is -0.147. The van der Waals surface area contributed by atoms with Crippen LogP contribution >= 0.6 is 0 Å². The summed E-state index contributed by atoms with van der Waals surface area (Å²) in [6, 6.07) is 4.17. The minimum absolute atomic E-state index is 0.613. The summed E-state index contributed by atoms with van der Waals surface area (Å²) in [7, 11) is 0. The van der Waals surface area contributed by atoms with Crippen molar-refractivity contribution in [2.75, 3.05) is 24.5 Å². The number of hydrogen-bond acceptors (Lipinski definition) is 4. The summed E-state index contributed by atoms with van der Waals surface area (Å²) in [6.45, 7) is 7.13. The Morgan fingerprint density at radius 3 is 2.67 bits per heavy atom. The van der Waals surface area contributed by atoms with E-state index in [2.05, 4.69) is 27.3 Å². The number of carbonyl (C=O) groups is 1. The van der Waals surface area contributed by atoms with E-state index in [-0.39, 0.29) is 0 Å². The zero-order chi connectivity index (χ0) is 15.3. The first-order valence-corrected chi connectivity index (χ1v) is 7.63. The average Bonchev–Trinajstić information content (AvgIpc) is 2.98. The smallest absolute Gasteiger partial charge is 0.309 e. The summed E-state index contributed by atoms with van der Waals surface area (Å²) in [6.07, 6.45) is 5.03. The quantitative estimate of drug-likeness (QED) is 0.754. The van der Waals surface area contributed by atoms with Gasteiger partial charge in [-0.05, 0) is 51.3 Å². The van der Waals surface area contributed by atoms with E-state index in [9.17, 15) is 4.79 Å². The molecule has 0 spiro atoms. The summed E-state index contributed by atoms with van der Waals surface area (Å²) in [5.74, 6) is 0.309. The highest BCUT2D eigenvalue weighted by Gasteiger charge is 2.26. The van der Waals surface area contributed by atoms with Crippen LogP contribution in [0.1, 0.15) is 38.7 Å². The number of aliphatic carboxylic acids is 1. The van der Waals surface area contributed by atoms with Crippen LogP contribution in [0.15, 0.2) is 18.3 Å². The van der Waals surface area contributed by atoms with Gasteiger partial charge < -0.3 is 15.3 Å². The minimum atomic E-state index is -0.749. The normalized spacial score (nSPS) is 15.4. The lowest BCUT2D eigenvalue weighted by atomic mass is 9.90. The summed E-state index contributed by atoms with van der Waals surface area (Å²) in [5, 5.41) is 12.3. The molecule has 21 heavy (non-hydrogen) atoms. The van der Waals surface area contributed by atoms with Crippen LogP contribution in [0.5, 0.6) is 0 Å². The molecule has 1 saturated heterocycles. The minimum Gasteiger partial charge on any atom is -0.481 e. The first-order valence-electron chi connectivity index (χ1n) is 7.63. The maximum absolute atomic E-state index is 11.0. The van der Waals surface area contributed by atoms with Crippen LogP contribution in [0.25, 0.3) is 0 Å². The summed E-state index contributed by atoms with van der Waals surface area (Å²) < 4.78 is 0. The van der Waals surface area contributed by atoms with Gasteiger partial charge in [0, 0.05) is 25.8 Å². The molecule has 5 heteroatoms. The van der Waals surface area contributed by atoms with Gasteiger partial charge in [0.1, 0.15) is 5.82 Å². The topological polar surface area (TPSA) is 65.5 Å². The van der Waals surface area contributed by atoms with E-state index >= 15 is 0 Å². The first kappa shape index (κ1) is 15.8. The zero-order valence-corrected chi connectivity index (χ0v) is 12.9. The Morgan fingerprint density at radius 2 is 2.10 bits per heavy atom. The van der Waals surface area contributed by atoms with Crippen molar-refractivity contribution in [3.8, 4) is 0 Å². The van der Waals surface area contributed by atoms with Gasteiger partial charge in [0.25, 0.3) is 0 Å². The van der Waals surface area contributed by atoms with Gasteiger partial charge in [-0.25, -0.2) is 4.98 Å². The number of nitrogens with zero attached hydrogens (tertiary/aromatic N) is 2. The summed E-state index contributed by atoms with van der Waals surface area (Å²) in [5.41, 5.74) is 0.455. The van der Waals surface area contributed by atoms with Crippen LogP contribution < -0.4 is 10.2 Å². The number of hydrogen-bond donors (Lipinski definition) is 2. The molecule has 0 radical (unpaired) electrons. The van der Waals surface area contributed by atoms with Crippen molar-refractivity contribution in [3.05, 3.63) is 23.9 Å². The Labute approximate surface area is 126 Å². The van der Waals surface area contributed by atoms with Crippen molar-refractivity contribution in [2.24, 2.45) is 5.41 Å². The maximum Gasteiger partial charge on any atom is 0.309 e. The highest BCUT2D eigenvalue weighted by atomic mass is 16.4. The highest BCUT2D eigenvalue weighted by Crippen LogP contribution is 2.20. The molecule has 5 nitrogen and oxygen atoms in total. The van der Waals surface area contributed by atoms with Crippen LogP contribution in [-0.4, -0.2) is 35.7 Å². The van der Waals surface area contributed by atoms with Crippen molar-refractivity contribution >= 4 is 11.8 Å². The van der Waals surface area contributed by atoms with Crippen molar-refractivity contribution < 1.29 is 9.90 Å². The standard InChI is InChI=1S/C16H25N3O2/c1-16(2,15(20)21)7-8-17-11-13-5-6-14(18-12-13)19-9-3-4-10-19/h5-6,12,17H,3-4,7-11H2,1-2H3,(H,20,21). The van der Waals surface area contributed by atoms with E-state index in [1.54, 1.807) is 13.8 Å². The van der Waals surface area contributed by atoms with Gasteiger partial charge in [0.2, 0.25) is 0 Å². The molecule has 1 aliphatic heterocycles. The van der Waals surface area contributed by atoms with Gasteiger partial charge >= 0.3 is 5.97 Å². The van der Waals surface area contributed by atoms with Gasteiger partial charge in [0.05, 0.1) is 5.41 Å². The fraction of sp³-hybridized carbons (Fsp3) is 0.625. The van der Waals surface area contributed by atoms with Gasteiger partial charge in [0.15, 0.2) is 0 Å². The molecule has 1 aromatic rings. The second kappa shape index (κ2) is 6.89. The summed E-state index contributed by atoms with van der Waals surface area (Å²) >= 11 is 0. The molecule has 1 fully saturated rings. The number of pyridine rings is 1. The zero-order valence-electron chi connectivity index (χ0n) is 12.9. The molecular formula is C16H25N3O2. The third-order valence-corrected chi connectivity index (χ3v) is 4.07. The number of carboxylic acids is 1. The molecular weight excluding hydrogens is 266 g/mol. The Balaban J connectivity index is 1.75. The average molecular weight is 291 g/mol. The van der Waals surface area contributed by atoms with E-state index < -0.39 is 11.4 Å². The maximum atomic E-state index is 11.0. The first-order chi connectivity index (χ1) is 9.99. The highest BCUT2D eigenvalue weighted by molar-refractivity contribution is 5.73. The number of rotatable bonds is 7. The fourth-order valence-corrected chi connectivity index (χ4v) is 2.40. The van der Waals surface area contributed by atoms with Gasteiger partial charge in [-0.3, -0.25) is 4.79 Å². The van der Waals surface area contributed by atoms with E-state index in [4.69, 9.17) is 5.11 Å². The van der Waals surface area contributed by atoms with E-state index in [1.807, 2.05) is 6.20 Å². The lowest BCUT2D eigenvalue weighted by Gasteiger charge is -2.19. The van der Waals surface area contributed by atoms with Crippen molar-refractivity contribution in [1.82, 2.24) is 10.3 Å². The Kier molecular flexibility index (Phi) is 5.17. The van der Waals surface area contributed by atoms with Crippen LogP contribution in [-0.2, 0) is 11.3 Å². The Morgan fingerprint density at radius 1 is 1.38 bits per heavy atom. The van der Waals surface area contributed by atoms with E-state index in [1.165, 1.54) is 12.8 Å². The largest absolute Gasteiger partial charge is 0.481 e. The van der Waals surface area contributed by atoms with Crippen LogP contribution in [0.4, 0.5) is 5.82 Å². The van der Waals surface area contributed by atoms with Gasteiger partial charge in [-0.1, -0.05) is 6.07 Å². The predicted octanol–water partition coefficient (Wildman–Crippen LogP) is 2.27. The molecule has 0 atom stereocenters. The van der Waals surface area contributed by atoms with Crippen LogP contribution in [0, 0.1) is 5.41 Å². The molecule has 0 aliphatic carbocycles. The third kappa shape index (κ3) is 4.43. The molecule has 116 valence electrons. The van der Waals surface area contributed by atoms with Gasteiger partial charge in [-0.15, -0.1) is 0 Å². The number of carboxylic acid groups (broad SMARTS) is 1. The third-order valence-electron chi connectivity index (χ3n) is 4.07. The van der Waals surface area contributed by atoms with Crippen molar-refractivity contribution in [1.29, 1.82) is 0 Å². The molecule has 0 saturated carbocycles. The molecule has 0 amide bonds. The molecule has 2 N–H and O–H groups in total.